The van der Waals surface area contributed by atoms with E-state index in [9.17, 15) is 9.50 Å². The van der Waals surface area contributed by atoms with Crippen LogP contribution in [0.4, 0.5) is 4.39 Å². The Labute approximate surface area is 137 Å². The molecule has 5 N–H and O–H groups in total. The molecular formula is C17H28FN3O2. The Kier molecular flexibility index (Phi) is 6.77. The number of ether oxygens (including phenoxy) is 1. The fourth-order valence-electron chi connectivity index (χ4n) is 2.87. The van der Waals surface area contributed by atoms with Gasteiger partial charge in [-0.15, -0.1) is 0 Å². The third kappa shape index (κ3) is 4.88. The summed E-state index contributed by atoms with van der Waals surface area (Å²) in [4.78, 5) is 0. The molecule has 1 atom stereocenters. The summed E-state index contributed by atoms with van der Waals surface area (Å²) >= 11 is 0. The van der Waals surface area contributed by atoms with Gasteiger partial charge in [-0.05, 0) is 49.8 Å². The molecule has 130 valence electrons. The average Bonchev–Trinajstić information content (AvgIpc) is 3.06. The highest BCUT2D eigenvalue weighted by Gasteiger charge is 2.28. The number of aliphatic hydroxyl groups is 1. The van der Waals surface area contributed by atoms with Gasteiger partial charge >= 0.3 is 0 Å². The zero-order valence-corrected chi connectivity index (χ0v) is 13.8. The molecule has 0 unspecified atom stereocenters. The smallest absolute Gasteiger partial charge is 0.165 e. The molecule has 0 radical (unpaired) electrons. The lowest BCUT2D eigenvalue weighted by molar-refractivity contribution is 0.0288. The van der Waals surface area contributed by atoms with E-state index in [0.717, 1.165) is 25.7 Å². The Hall–Kier alpha value is -1.21. The van der Waals surface area contributed by atoms with Crippen LogP contribution in [-0.2, 0) is 5.60 Å². The van der Waals surface area contributed by atoms with E-state index in [2.05, 4.69) is 10.9 Å². The van der Waals surface area contributed by atoms with Crippen molar-refractivity contribution in [1.82, 2.24) is 10.9 Å². The lowest BCUT2D eigenvalue weighted by Crippen LogP contribution is -2.45. The number of rotatable bonds is 9. The van der Waals surface area contributed by atoms with Crippen molar-refractivity contribution in [2.75, 3.05) is 19.6 Å². The van der Waals surface area contributed by atoms with Crippen LogP contribution in [0, 0.1) is 5.82 Å². The van der Waals surface area contributed by atoms with Gasteiger partial charge in [-0.3, -0.25) is 10.9 Å². The van der Waals surface area contributed by atoms with Crippen molar-refractivity contribution in [3.63, 3.8) is 0 Å². The molecule has 1 aliphatic rings. The number of hydrazine groups is 1. The molecule has 1 saturated carbocycles. The second kappa shape index (κ2) is 8.59. The first-order valence-electron chi connectivity index (χ1n) is 8.44. The summed E-state index contributed by atoms with van der Waals surface area (Å²) < 4.78 is 19.8. The van der Waals surface area contributed by atoms with Gasteiger partial charge in [-0.25, -0.2) is 4.39 Å². The Morgan fingerprint density at radius 1 is 1.35 bits per heavy atom. The first-order valence-corrected chi connectivity index (χ1v) is 8.44. The summed E-state index contributed by atoms with van der Waals surface area (Å²) in [6.45, 7) is 3.32. The number of hydrogen-bond donors (Lipinski definition) is 4. The minimum absolute atomic E-state index is 0.0822. The maximum absolute atomic E-state index is 14.0. The molecule has 0 spiro atoms. The van der Waals surface area contributed by atoms with E-state index in [4.69, 9.17) is 10.5 Å². The fraction of sp³-hybridized carbons (Fsp3) is 0.647. The van der Waals surface area contributed by atoms with Gasteiger partial charge in [-0.2, -0.15) is 0 Å². The van der Waals surface area contributed by atoms with Crippen LogP contribution in [0.15, 0.2) is 18.2 Å². The summed E-state index contributed by atoms with van der Waals surface area (Å²) in [6.07, 6.45) is 4.76. The van der Waals surface area contributed by atoms with Crippen molar-refractivity contribution in [1.29, 1.82) is 0 Å². The number of hydrogen-bond acceptors (Lipinski definition) is 5. The van der Waals surface area contributed by atoms with E-state index in [1.165, 1.54) is 6.07 Å². The Balaban J connectivity index is 2.09. The van der Waals surface area contributed by atoms with Gasteiger partial charge in [0.1, 0.15) is 5.60 Å². The molecule has 1 aromatic carbocycles. The van der Waals surface area contributed by atoms with Crippen LogP contribution in [0.5, 0.6) is 5.75 Å². The van der Waals surface area contributed by atoms with E-state index in [-0.39, 0.29) is 17.7 Å². The van der Waals surface area contributed by atoms with Crippen LogP contribution in [0.2, 0.25) is 0 Å². The molecule has 1 fully saturated rings. The molecule has 0 aromatic heterocycles. The molecule has 5 nitrogen and oxygen atoms in total. The van der Waals surface area contributed by atoms with Crippen LogP contribution < -0.4 is 21.3 Å². The summed E-state index contributed by atoms with van der Waals surface area (Å²) in [7, 11) is 0. The monoisotopic (exact) mass is 325 g/mol. The van der Waals surface area contributed by atoms with Crippen molar-refractivity contribution >= 4 is 0 Å². The first-order chi connectivity index (χ1) is 11.1. The van der Waals surface area contributed by atoms with Gasteiger partial charge in [0.15, 0.2) is 11.6 Å². The SMILES string of the molecule is CC[C@@](O)(CNNCCN)c1ccc(F)c(OC2CCCC2)c1. The Morgan fingerprint density at radius 3 is 2.74 bits per heavy atom. The van der Waals surface area contributed by atoms with Gasteiger partial charge in [0, 0.05) is 19.6 Å². The highest BCUT2D eigenvalue weighted by molar-refractivity contribution is 5.34. The molecule has 1 aliphatic carbocycles. The van der Waals surface area contributed by atoms with E-state index in [1.54, 1.807) is 12.1 Å². The quantitative estimate of drug-likeness (QED) is 0.411. The molecule has 0 heterocycles. The van der Waals surface area contributed by atoms with Crippen LogP contribution >= 0.6 is 0 Å². The predicted octanol–water partition coefficient (Wildman–Crippen LogP) is 1.80. The second-order valence-corrected chi connectivity index (χ2v) is 6.12. The number of benzene rings is 1. The standard InChI is InChI=1S/C17H28FN3O2/c1-2-17(22,12-21-20-10-9-19)13-7-8-15(18)16(11-13)23-14-5-3-4-6-14/h7-8,11,14,20-22H,2-6,9-10,12,19H2,1H3/t17-/m1/s1. The number of halogens is 1. The van der Waals surface area contributed by atoms with Crippen molar-refractivity contribution < 1.29 is 14.2 Å². The van der Waals surface area contributed by atoms with E-state index in [1.807, 2.05) is 6.92 Å². The van der Waals surface area contributed by atoms with Crippen molar-refractivity contribution in [2.24, 2.45) is 5.73 Å². The van der Waals surface area contributed by atoms with Crippen molar-refractivity contribution in [3.05, 3.63) is 29.6 Å². The summed E-state index contributed by atoms with van der Waals surface area (Å²) in [5.74, 6) is -0.149. The van der Waals surface area contributed by atoms with Crippen LogP contribution in [0.3, 0.4) is 0 Å². The van der Waals surface area contributed by atoms with Gasteiger partial charge in [0.2, 0.25) is 0 Å². The highest BCUT2D eigenvalue weighted by Crippen LogP contribution is 2.31. The summed E-state index contributed by atoms with van der Waals surface area (Å²) in [6, 6.07) is 4.61. The number of nitrogens with one attached hydrogen (secondary N) is 2. The third-order valence-corrected chi connectivity index (χ3v) is 4.42. The third-order valence-electron chi connectivity index (χ3n) is 4.42. The van der Waals surface area contributed by atoms with Crippen molar-refractivity contribution in [2.45, 2.75) is 50.7 Å². The van der Waals surface area contributed by atoms with Crippen LogP contribution in [0.1, 0.15) is 44.6 Å². The first kappa shape index (κ1) is 18.1. The zero-order chi connectivity index (χ0) is 16.7. The molecule has 0 saturated heterocycles. The van der Waals surface area contributed by atoms with Crippen LogP contribution in [0.25, 0.3) is 0 Å². The van der Waals surface area contributed by atoms with Gasteiger partial charge in [0.05, 0.1) is 6.10 Å². The van der Waals surface area contributed by atoms with Gasteiger partial charge in [-0.1, -0.05) is 13.0 Å². The normalized spacial score (nSPS) is 18.1. The minimum atomic E-state index is -1.09. The lowest BCUT2D eigenvalue weighted by atomic mass is 9.91. The molecule has 0 bridgehead atoms. The molecule has 6 heteroatoms. The zero-order valence-electron chi connectivity index (χ0n) is 13.8. The predicted molar refractivity (Wildman–Crippen MR) is 88.5 cm³/mol. The largest absolute Gasteiger partial charge is 0.487 e. The topological polar surface area (TPSA) is 79.5 Å². The molecule has 1 aromatic rings. The summed E-state index contributed by atoms with van der Waals surface area (Å²) in [5.41, 5.74) is 10.9. The summed E-state index contributed by atoms with van der Waals surface area (Å²) in [5, 5.41) is 10.9. The van der Waals surface area contributed by atoms with Crippen LogP contribution in [-0.4, -0.2) is 30.8 Å². The fourth-order valence-corrected chi connectivity index (χ4v) is 2.87. The molecular weight excluding hydrogens is 297 g/mol. The van der Waals surface area contributed by atoms with Gasteiger partial charge < -0.3 is 15.6 Å². The molecule has 0 aliphatic heterocycles. The maximum Gasteiger partial charge on any atom is 0.165 e. The number of nitrogens with two attached hydrogens (primary N) is 1. The van der Waals surface area contributed by atoms with E-state index < -0.39 is 5.60 Å². The minimum Gasteiger partial charge on any atom is -0.487 e. The maximum atomic E-state index is 14.0. The van der Waals surface area contributed by atoms with Gasteiger partial charge in [0.25, 0.3) is 0 Å². The molecule has 0 amide bonds. The van der Waals surface area contributed by atoms with E-state index >= 15 is 0 Å². The lowest BCUT2D eigenvalue weighted by Gasteiger charge is -2.28. The molecule has 2 rings (SSSR count). The van der Waals surface area contributed by atoms with E-state index in [0.29, 0.717) is 31.6 Å². The second-order valence-electron chi connectivity index (χ2n) is 6.12. The Morgan fingerprint density at radius 2 is 2.09 bits per heavy atom. The highest BCUT2D eigenvalue weighted by atomic mass is 19.1. The molecule has 23 heavy (non-hydrogen) atoms. The average molecular weight is 325 g/mol. The van der Waals surface area contributed by atoms with Crippen molar-refractivity contribution in [3.8, 4) is 5.75 Å². The Bertz CT molecular complexity index is 495.